The average molecular weight is 316 g/mol. The number of fused-ring (bicyclic) bond motifs is 1. The molecule has 2 rings (SSSR count). The molecule has 0 saturated heterocycles. The number of aromatic nitrogens is 1. The van der Waals surface area contributed by atoms with Crippen LogP contribution in [0.25, 0.3) is 10.9 Å². The first-order chi connectivity index (χ1) is 10.6. The summed E-state index contributed by atoms with van der Waals surface area (Å²) in [6.07, 6.45) is 7.32. The number of hydrogen-bond donors (Lipinski definition) is 2. The fraction of sp³-hybridized carbons (Fsp3) is 0.474. The van der Waals surface area contributed by atoms with Gasteiger partial charge >= 0.3 is 0 Å². The van der Waals surface area contributed by atoms with E-state index in [2.05, 4.69) is 17.2 Å². The van der Waals surface area contributed by atoms with E-state index in [1.165, 1.54) is 19.3 Å². The molecule has 1 amide bonds. The quantitative estimate of drug-likeness (QED) is 0.730. The molecular formula is C19H28N2O2. The first-order valence-electron chi connectivity index (χ1n) is 8.01. The Morgan fingerprint density at radius 2 is 2.04 bits per heavy atom. The Kier molecular flexibility index (Phi) is 7.52. The van der Waals surface area contributed by atoms with E-state index in [-0.39, 0.29) is 30.7 Å². The van der Waals surface area contributed by atoms with E-state index >= 15 is 0 Å². The summed E-state index contributed by atoms with van der Waals surface area (Å²) in [6, 6.07) is 7.23. The van der Waals surface area contributed by atoms with E-state index in [0.29, 0.717) is 5.52 Å². The van der Waals surface area contributed by atoms with Gasteiger partial charge in [0, 0.05) is 17.6 Å². The van der Waals surface area contributed by atoms with Crippen molar-refractivity contribution in [1.82, 2.24) is 10.3 Å². The number of phenols is 1. The maximum atomic E-state index is 12.3. The Hall–Kier alpha value is -2.10. The van der Waals surface area contributed by atoms with Crippen LogP contribution in [0.1, 0.15) is 63.7 Å². The van der Waals surface area contributed by atoms with Gasteiger partial charge in [0.15, 0.2) is 5.75 Å². The monoisotopic (exact) mass is 316 g/mol. The zero-order valence-electron chi connectivity index (χ0n) is 13.3. The van der Waals surface area contributed by atoms with E-state index in [0.717, 1.165) is 18.2 Å². The molecule has 0 bridgehead atoms. The highest BCUT2D eigenvalue weighted by molar-refractivity contribution is 6.02. The van der Waals surface area contributed by atoms with Crippen molar-refractivity contribution < 1.29 is 9.90 Å². The van der Waals surface area contributed by atoms with Crippen LogP contribution in [-0.4, -0.2) is 22.0 Å². The molecule has 0 saturated carbocycles. The minimum absolute atomic E-state index is 0. The molecular weight excluding hydrogens is 288 g/mol. The Morgan fingerprint density at radius 1 is 1.26 bits per heavy atom. The highest BCUT2D eigenvalue weighted by atomic mass is 16.3. The molecule has 0 spiro atoms. The third-order valence-electron chi connectivity index (χ3n) is 3.86. The largest absolute Gasteiger partial charge is 0.505 e. The lowest BCUT2D eigenvalue weighted by Gasteiger charge is -2.14. The maximum Gasteiger partial charge on any atom is 0.255 e. The lowest BCUT2D eigenvalue weighted by molar-refractivity contribution is 0.0935. The van der Waals surface area contributed by atoms with Gasteiger partial charge in [-0.25, -0.2) is 0 Å². The van der Waals surface area contributed by atoms with Gasteiger partial charge in [-0.2, -0.15) is 0 Å². The molecule has 1 heterocycles. The van der Waals surface area contributed by atoms with Gasteiger partial charge in [-0.3, -0.25) is 9.78 Å². The van der Waals surface area contributed by atoms with E-state index in [1.54, 1.807) is 18.3 Å². The van der Waals surface area contributed by atoms with Crippen molar-refractivity contribution in [2.24, 2.45) is 0 Å². The molecule has 0 aliphatic carbocycles. The Balaban J connectivity index is 0.00000264. The standard InChI is InChI=1S/C18H24N2O2.CH4/c1-3-4-5-6-8-13(2)20-18(22)15-11-10-14-9-7-12-19-16(14)17(15)21;/h7,9-13,21H,3-6,8H2,1-2H3,(H,20,22);1H4. The van der Waals surface area contributed by atoms with Crippen molar-refractivity contribution in [1.29, 1.82) is 0 Å². The molecule has 0 radical (unpaired) electrons. The van der Waals surface area contributed by atoms with Crippen LogP contribution >= 0.6 is 0 Å². The van der Waals surface area contributed by atoms with Crippen LogP contribution in [-0.2, 0) is 0 Å². The van der Waals surface area contributed by atoms with Crippen LogP contribution < -0.4 is 5.32 Å². The summed E-state index contributed by atoms with van der Waals surface area (Å²) in [7, 11) is 0. The van der Waals surface area contributed by atoms with Crippen molar-refractivity contribution in [3.63, 3.8) is 0 Å². The Bertz CT molecular complexity index is 640. The molecule has 0 aliphatic rings. The predicted molar refractivity (Wildman–Crippen MR) is 95.8 cm³/mol. The Labute approximate surface area is 138 Å². The summed E-state index contributed by atoms with van der Waals surface area (Å²) >= 11 is 0. The Morgan fingerprint density at radius 3 is 2.78 bits per heavy atom. The second-order valence-electron chi connectivity index (χ2n) is 5.76. The van der Waals surface area contributed by atoms with Crippen molar-refractivity contribution in [2.75, 3.05) is 0 Å². The second-order valence-corrected chi connectivity index (χ2v) is 5.76. The topological polar surface area (TPSA) is 62.2 Å². The van der Waals surface area contributed by atoms with Crippen molar-refractivity contribution in [2.45, 2.75) is 59.4 Å². The number of carbonyl (C=O) groups excluding carboxylic acids is 1. The summed E-state index contributed by atoms with van der Waals surface area (Å²) in [5, 5.41) is 14.0. The summed E-state index contributed by atoms with van der Waals surface area (Å²) in [6.45, 7) is 4.18. The highest BCUT2D eigenvalue weighted by Gasteiger charge is 2.16. The number of unbranched alkanes of at least 4 members (excludes halogenated alkanes) is 3. The van der Waals surface area contributed by atoms with Crippen LogP contribution in [0.15, 0.2) is 30.5 Å². The summed E-state index contributed by atoms with van der Waals surface area (Å²) in [4.78, 5) is 16.5. The van der Waals surface area contributed by atoms with E-state index < -0.39 is 0 Å². The molecule has 4 nitrogen and oxygen atoms in total. The second kappa shape index (κ2) is 9.13. The number of hydrogen-bond acceptors (Lipinski definition) is 3. The molecule has 4 heteroatoms. The number of aromatic hydroxyl groups is 1. The van der Waals surface area contributed by atoms with Gasteiger partial charge in [0.1, 0.15) is 5.52 Å². The van der Waals surface area contributed by atoms with Crippen molar-refractivity contribution in [3.8, 4) is 5.75 Å². The van der Waals surface area contributed by atoms with Crippen LogP contribution in [0, 0.1) is 0 Å². The summed E-state index contributed by atoms with van der Waals surface area (Å²) < 4.78 is 0. The first kappa shape index (κ1) is 18.9. The number of phenolic OH excluding ortho intramolecular Hbond substituents is 1. The van der Waals surface area contributed by atoms with Crippen LogP contribution in [0.4, 0.5) is 0 Å². The van der Waals surface area contributed by atoms with Crippen LogP contribution in [0.5, 0.6) is 5.75 Å². The lowest BCUT2D eigenvalue weighted by Crippen LogP contribution is -2.32. The van der Waals surface area contributed by atoms with E-state index in [9.17, 15) is 9.90 Å². The molecule has 1 atom stereocenters. The molecule has 126 valence electrons. The number of pyridine rings is 1. The normalized spacial score (nSPS) is 11.7. The number of nitrogens with zero attached hydrogens (tertiary/aromatic N) is 1. The minimum Gasteiger partial charge on any atom is -0.505 e. The van der Waals surface area contributed by atoms with E-state index in [4.69, 9.17) is 0 Å². The smallest absolute Gasteiger partial charge is 0.255 e. The number of benzene rings is 1. The van der Waals surface area contributed by atoms with Gasteiger partial charge in [0.2, 0.25) is 0 Å². The molecule has 2 N–H and O–H groups in total. The van der Waals surface area contributed by atoms with Gasteiger partial charge in [-0.05, 0) is 25.5 Å². The lowest BCUT2D eigenvalue weighted by atomic mass is 10.1. The van der Waals surface area contributed by atoms with E-state index in [1.807, 2.05) is 19.1 Å². The van der Waals surface area contributed by atoms with Gasteiger partial charge < -0.3 is 10.4 Å². The summed E-state index contributed by atoms with van der Waals surface area (Å²) in [5.74, 6) is -0.290. The predicted octanol–water partition coefficient (Wildman–Crippen LogP) is 4.67. The summed E-state index contributed by atoms with van der Waals surface area (Å²) in [5.41, 5.74) is 0.748. The zero-order valence-corrected chi connectivity index (χ0v) is 13.3. The van der Waals surface area contributed by atoms with Gasteiger partial charge in [0.25, 0.3) is 5.91 Å². The van der Waals surface area contributed by atoms with Crippen LogP contribution in [0.3, 0.4) is 0 Å². The minimum atomic E-state index is -0.243. The number of rotatable bonds is 7. The molecule has 0 fully saturated rings. The molecule has 1 unspecified atom stereocenters. The maximum absolute atomic E-state index is 12.3. The number of carbonyl (C=O) groups is 1. The van der Waals surface area contributed by atoms with Crippen molar-refractivity contribution in [3.05, 3.63) is 36.0 Å². The van der Waals surface area contributed by atoms with Gasteiger partial charge in [-0.1, -0.05) is 52.2 Å². The third kappa shape index (κ3) is 4.95. The molecule has 0 aliphatic heterocycles. The SMILES string of the molecule is C.CCCCCCC(C)NC(=O)c1ccc2cccnc2c1O. The molecule has 2 aromatic rings. The molecule has 1 aromatic carbocycles. The average Bonchev–Trinajstić information content (AvgIpc) is 2.52. The molecule has 1 aromatic heterocycles. The number of amides is 1. The zero-order chi connectivity index (χ0) is 15.9. The fourth-order valence-corrected chi connectivity index (χ4v) is 2.56. The van der Waals surface area contributed by atoms with Gasteiger partial charge in [-0.15, -0.1) is 0 Å². The fourth-order valence-electron chi connectivity index (χ4n) is 2.56. The van der Waals surface area contributed by atoms with Crippen molar-refractivity contribution >= 4 is 16.8 Å². The van der Waals surface area contributed by atoms with Crippen LogP contribution in [0.2, 0.25) is 0 Å². The molecule has 23 heavy (non-hydrogen) atoms. The van der Waals surface area contributed by atoms with Gasteiger partial charge in [0.05, 0.1) is 5.56 Å². The number of nitrogens with one attached hydrogen (secondary N) is 1. The first-order valence-corrected chi connectivity index (χ1v) is 8.01. The third-order valence-corrected chi connectivity index (χ3v) is 3.86. The highest BCUT2D eigenvalue weighted by Crippen LogP contribution is 2.26.